The monoisotopic (exact) mass is 513 g/mol. The van der Waals surface area contributed by atoms with Crippen LogP contribution in [0.25, 0.3) is 6.08 Å². The molecule has 3 aromatic rings. The zero-order valence-corrected chi connectivity index (χ0v) is 20.6. The topological polar surface area (TPSA) is 113 Å². The summed E-state index contributed by atoms with van der Waals surface area (Å²) in [6, 6.07) is 10.2. The van der Waals surface area contributed by atoms with Gasteiger partial charge in [-0.25, -0.2) is 9.79 Å². The number of hydrogen-bond donors (Lipinski definition) is 0. The van der Waals surface area contributed by atoms with Gasteiger partial charge in [0, 0.05) is 22.7 Å². The van der Waals surface area contributed by atoms with Crippen LogP contribution in [0.5, 0.6) is 5.75 Å². The van der Waals surface area contributed by atoms with E-state index >= 15 is 0 Å². The molecule has 0 saturated carbocycles. The summed E-state index contributed by atoms with van der Waals surface area (Å²) in [6.07, 6.45) is 1.53. The molecule has 1 aliphatic rings. The summed E-state index contributed by atoms with van der Waals surface area (Å²) in [6.45, 7) is 3.56. The number of allylic oxidation sites excluding steroid dienone is 1. The van der Waals surface area contributed by atoms with E-state index in [4.69, 9.17) is 21.1 Å². The molecule has 0 bridgehead atoms. The third-order valence-corrected chi connectivity index (χ3v) is 6.65. The number of carbonyl (C=O) groups excluding carboxylic acids is 1. The summed E-state index contributed by atoms with van der Waals surface area (Å²) in [5.41, 5.74) is 1.18. The Balaban J connectivity index is 1.97. The largest absolute Gasteiger partial charge is 0.496 e. The smallest absolute Gasteiger partial charge is 0.338 e. The highest BCUT2D eigenvalue weighted by Gasteiger charge is 2.33. The number of nitro benzene ring substituents is 1. The molecule has 0 aliphatic carbocycles. The fourth-order valence-corrected chi connectivity index (χ4v) is 5.00. The number of benzene rings is 2. The number of halogens is 1. The molecule has 1 atom stereocenters. The molecule has 2 aromatic carbocycles. The van der Waals surface area contributed by atoms with Crippen molar-refractivity contribution in [1.82, 2.24) is 4.57 Å². The fraction of sp³-hybridized carbons (Fsp3) is 0.208. The number of nitro groups is 1. The Labute approximate surface area is 208 Å². The summed E-state index contributed by atoms with van der Waals surface area (Å²) in [5.74, 6) is -0.192. The number of methoxy groups -OCH3 is 1. The maximum absolute atomic E-state index is 13.6. The normalized spacial score (nSPS) is 15.4. The lowest BCUT2D eigenvalue weighted by molar-refractivity contribution is -0.384. The number of non-ortho nitro benzene ring substituents is 1. The lowest BCUT2D eigenvalue weighted by Gasteiger charge is -2.24. The summed E-state index contributed by atoms with van der Waals surface area (Å²) in [7, 11) is 1.44. The van der Waals surface area contributed by atoms with Crippen molar-refractivity contribution in [1.29, 1.82) is 0 Å². The first-order chi connectivity index (χ1) is 16.7. The van der Waals surface area contributed by atoms with E-state index in [0.29, 0.717) is 32.4 Å². The van der Waals surface area contributed by atoms with Crippen LogP contribution in [-0.4, -0.2) is 29.2 Å². The number of ether oxygens (including phenoxy) is 2. The minimum atomic E-state index is -0.781. The van der Waals surface area contributed by atoms with Crippen molar-refractivity contribution in [2.75, 3.05) is 13.7 Å². The van der Waals surface area contributed by atoms with Crippen LogP contribution in [0.15, 0.2) is 63.5 Å². The van der Waals surface area contributed by atoms with Crippen molar-refractivity contribution >= 4 is 40.7 Å². The third kappa shape index (κ3) is 4.62. The number of carbonyl (C=O) groups is 1. The molecule has 0 amide bonds. The maximum atomic E-state index is 13.6. The molecule has 35 heavy (non-hydrogen) atoms. The van der Waals surface area contributed by atoms with Crippen LogP contribution in [0, 0.1) is 10.1 Å². The van der Waals surface area contributed by atoms with E-state index in [1.165, 1.54) is 36.0 Å². The van der Waals surface area contributed by atoms with Crippen LogP contribution in [0.3, 0.4) is 0 Å². The Bertz CT molecular complexity index is 1540. The van der Waals surface area contributed by atoms with Crippen LogP contribution < -0.4 is 19.6 Å². The molecule has 9 nitrogen and oxygen atoms in total. The van der Waals surface area contributed by atoms with Crippen LogP contribution in [0.4, 0.5) is 5.69 Å². The highest BCUT2D eigenvalue weighted by molar-refractivity contribution is 7.07. The Morgan fingerprint density at radius 3 is 2.63 bits per heavy atom. The van der Waals surface area contributed by atoms with Gasteiger partial charge in [-0.2, -0.15) is 0 Å². The lowest BCUT2D eigenvalue weighted by Crippen LogP contribution is -2.39. The summed E-state index contributed by atoms with van der Waals surface area (Å²) >= 11 is 7.18. The molecule has 180 valence electrons. The highest BCUT2D eigenvalue weighted by atomic mass is 35.5. The second-order valence-electron chi connectivity index (χ2n) is 7.54. The molecule has 0 spiro atoms. The molecule has 0 radical (unpaired) electrons. The quantitative estimate of drug-likeness (QED) is 0.284. The first-order valence-corrected chi connectivity index (χ1v) is 11.7. The minimum Gasteiger partial charge on any atom is -0.496 e. The molecule has 0 fully saturated rings. The first-order valence-electron chi connectivity index (χ1n) is 10.5. The Hall–Kier alpha value is -3.76. The molecule has 0 saturated heterocycles. The minimum absolute atomic E-state index is 0.135. The average molecular weight is 514 g/mol. The van der Waals surface area contributed by atoms with Crippen LogP contribution >= 0.6 is 22.9 Å². The fourth-order valence-electron chi connectivity index (χ4n) is 3.84. The summed E-state index contributed by atoms with van der Waals surface area (Å²) in [4.78, 5) is 42.2. The Kier molecular flexibility index (Phi) is 6.86. The second kappa shape index (κ2) is 9.85. The first kappa shape index (κ1) is 24.4. The van der Waals surface area contributed by atoms with Gasteiger partial charge in [0.15, 0.2) is 4.80 Å². The number of hydrogen-bond acceptors (Lipinski definition) is 8. The van der Waals surface area contributed by atoms with E-state index in [1.807, 2.05) is 0 Å². The van der Waals surface area contributed by atoms with Crippen molar-refractivity contribution < 1.29 is 19.2 Å². The van der Waals surface area contributed by atoms with Gasteiger partial charge >= 0.3 is 5.97 Å². The van der Waals surface area contributed by atoms with Gasteiger partial charge in [-0.05, 0) is 43.7 Å². The number of fused-ring (bicyclic) bond motifs is 1. The van der Waals surface area contributed by atoms with Crippen molar-refractivity contribution in [3.63, 3.8) is 0 Å². The van der Waals surface area contributed by atoms with E-state index in [2.05, 4.69) is 4.99 Å². The van der Waals surface area contributed by atoms with E-state index < -0.39 is 22.5 Å². The Morgan fingerprint density at radius 2 is 2.00 bits per heavy atom. The van der Waals surface area contributed by atoms with Crippen LogP contribution in [-0.2, 0) is 9.53 Å². The van der Waals surface area contributed by atoms with Gasteiger partial charge in [-0.15, -0.1) is 0 Å². The zero-order chi connectivity index (χ0) is 25.3. The molecular weight excluding hydrogens is 494 g/mol. The van der Waals surface area contributed by atoms with Gasteiger partial charge in [0.1, 0.15) is 5.75 Å². The van der Waals surface area contributed by atoms with Gasteiger partial charge in [-0.3, -0.25) is 19.5 Å². The van der Waals surface area contributed by atoms with Crippen molar-refractivity contribution in [3.8, 4) is 5.75 Å². The van der Waals surface area contributed by atoms with Crippen molar-refractivity contribution in [3.05, 3.63) is 99.7 Å². The van der Waals surface area contributed by atoms with Crippen molar-refractivity contribution in [2.24, 2.45) is 4.99 Å². The van der Waals surface area contributed by atoms with Crippen molar-refractivity contribution in [2.45, 2.75) is 19.9 Å². The number of thiazole rings is 1. The molecule has 4 rings (SSSR count). The number of nitrogens with zero attached hydrogens (tertiary/aromatic N) is 3. The molecule has 0 N–H and O–H groups in total. The van der Waals surface area contributed by atoms with E-state index in [0.717, 1.165) is 11.3 Å². The second-order valence-corrected chi connectivity index (χ2v) is 8.98. The van der Waals surface area contributed by atoms with Crippen LogP contribution in [0.2, 0.25) is 5.02 Å². The Morgan fingerprint density at radius 1 is 1.29 bits per heavy atom. The maximum Gasteiger partial charge on any atom is 0.338 e. The van der Waals surface area contributed by atoms with Gasteiger partial charge in [0.05, 0.1) is 40.5 Å². The van der Waals surface area contributed by atoms with Gasteiger partial charge < -0.3 is 9.47 Å². The molecule has 1 aliphatic heterocycles. The molecule has 0 unspecified atom stereocenters. The van der Waals surface area contributed by atoms with E-state index in [1.54, 1.807) is 38.1 Å². The standard InChI is InChI=1S/C24H20ClN3O6S/c1-4-34-23(30)20-13(2)26-24-27(21(20)14-5-7-16(25)8-6-14)22(29)19(35-24)12-15-11-17(28(31)32)9-10-18(15)33-3/h5-12,21H,4H2,1-3H3/b19-12+/t21-/m1/s1. The number of aromatic nitrogens is 1. The van der Waals surface area contributed by atoms with E-state index in [-0.39, 0.29) is 22.4 Å². The molecule has 11 heteroatoms. The molecule has 1 aromatic heterocycles. The van der Waals surface area contributed by atoms with Gasteiger partial charge in [0.2, 0.25) is 0 Å². The lowest BCUT2D eigenvalue weighted by atomic mass is 9.96. The van der Waals surface area contributed by atoms with Gasteiger partial charge in [0.25, 0.3) is 11.2 Å². The number of esters is 1. The molecular formula is C24H20ClN3O6S. The summed E-state index contributed by atoms with van der Waals surface area (Å²) in [5, 5.41) is 11.8. The average Bonchev–Trinajstić information content (AvgIpc) is 3.13. The van der Waals surface area contributed by atoms with E-state index in [9.17, 15) is 19.7 Å². The SMILES string of the molecule is CCOC(=O)C1=C(C)N=c2s/c(=C/c3cc([N+](=O)[O-])ccc3OC)c(=O)n2[C@@H]1c1ccc(Cl)cc1. The zero-order valence-electron chi connectivity index (χ0n) is 19.0. The summed E-state index contributed by atoms with van der Waals surface area (Å²) < 4.78 is 12.3. The predicted molar refractivity (Wildman–Crippen MR) is 131 cm³/mol. The number of rotatable bonds is 6. The molecule has 2 heterocycles. The predicted octanol–water partition coefficient (Wildman–Crippen LogP) is 3.37. The third-order valence-electron chi connectivity index (χ3n) is 5.41. The van der Waals surface area contributed by atoms with Crippen LogP contribution in [0.1, 0.15) is 31.0 Å². The van der Waals surface area contributed by atoms with Gasteiger partial charge in [-0.1, -0.05) is 35.1 Å². The highest BCUT2D eigenvalue weighted by Crippen LogP contribution is 2.31.